The second-order valence-corrected chi connectivity index (χ2v) is 5.31. The molecule has 0 spiro atoms. The van der Waals surface area contributed by atoms with Gasteiger partial charge in [-0.25, -0.2) is 4.98 Å². The minimum Gasteiger partial charge on any atom is -0.357 e. The first-order valence-electron chi connectivity index (χ1n) is 7.46. The average molecular weight is 271 g/mol. The topological polar surface area (TPSA) is 42.2 Å². The number of pyridine rings is 1. The lowest BCUT2D eigenvalue weighted by Gasteiger charge is -2.23. The Balaban J connectivity index is 2.64. The largest absolute Gasteiger partial charge is 0.357 e. The van der Waals surface area contributed by atoms with E-state index >= 15 is 0 Å². The minimum atomic E-state index is 0.659. The van der Waals surface area contributed by atoms with Crippen molar-refractivity contribution < 1.29 is 0 Å². The Morgan fingerprint density at radius 3 is 2.30 bits per heavy atom. The molecule has 1 aromatic heterocycles. The Labute approximate surface area is 121 Å². The molecule has 0 unspecified atom stereocenters. The van der Waals surface area contributed by atoms with E-state index in [4.69, 9.17) is 10.7 Å². The molecule has 0 radical (unpaired) electrons. The summed E-state index contributed by atoms with van der Waals surface area (Å²) in [6.07, 6.45) is 0.877. The lowest BCUT2D eigenvalue weighted by molar-refractivity contribution is 0.831. The SMILES string of the molecule is CCN(CC)c1nc2cc(C)c(C)cc2cc1CCN. The molecule has 0 bridgehead atoms. The van der Waals surface area contributed by atoms with Gasteiger partial charge < -0.3 is 10.6 Å². The van der Waals surface area contributed by atoms with E-state index in [9.17, 15) is 0 Å². The summed E-state index contributed by atoms with van der Waals surface area (Å²) >= 11 is 0. The van der Waals surface area contributed by atoms with E-state index in [1.165, 1.54) is 22.1 Å². The van der Waals surface area contributed by atoms with Crippen molar-refractivity contribution in [1.29, 1.82) is 0 Å². The lowest BCUT2D eigenvalue weighted by atomic mass is 10.0. The maximum atomic E-state index is 5.76. The van der Waals surface area contributed by atoms with Crippen LogP contribution in [-0.4, -0.2) is 24.6 Å². The predicted molar refractivity (Wildman–Crippen MR) is 87.5 cm³/mol. The third-order valence-corrected chi connectivity index (χ3v) is 3.96. The average Bonchev–Trinajstić information content (AvgIpc) is 2.43. The summed E-state index contributed by atoms with van der Waals surface area (Å²) in [5, 5.41) is 1.22. The fourth-order valence-electron chi connectivity index (χ4n) is 2.61. The maximum Gasteiger partial charge on any atom is 0.132 e. The molecule has 0 fully saturated rings. The summed E-state index contributed by atoms with van der Waals surface area (Å²) in [4.78, 5) is 7.21. The van der Waals surface area contributed by atoms with Gasteiger partial charge in [-0.1, -0.05) is 0 Å². The highest BCUT2D eigenvalue weighted by Gasteiger charge is 2.12. The summed E-state index contributed by atoms with van der Waals surface area (Å²) in [5.74, 6) is 1.09. The molecular weight excluding hydrogens is 246 g/mol. The molecule has 108 valence electrons. The Bertz CT molecular complexity index is 601. The van der Waals surface area contributed by atoms with E-state index in [1.54, 1.807) is 0 Å². The molecule has 3 heteroatoms. The first-order valence-corrected chi connectivity index (χ1v) is 7.46. The quantitative estimate of drug-likeness (QED) is 0.908. The summed E-state index contributed by atoms with van der Waals surface area (Å²) in [6, 6.07) is 6.67. The molecule has 3 nitrogen and oxygen atoms in total. The molecule has 1 heterocycles. The number of hydrogen-bond donors (Lipinski definition) is 1. The van der Waals surface area contributed by atoms with E-state index in [0.29, 0.717) is 6.54 Å². The van der Waals surface area contributed by atoms with E-state index < -0.39 is 0 Å². The standard InChI is InChI=1S/C17H25N3/c1-5-20(6-2)17-14(7-8-18)11-15-9-12(3)13(4)10-16(15)19-17/h9-11H,5-8,18H2,1-4H3. The second-order valence-electron chi connectivity index (χ2n) is 5.31. The predicted octanol–water partition coefficient (Wildman–Crippen LogP) is 3.20. The van der Waals surface area contributed by atoms with E-state index in [1.807, 2.05) is 0 Å². The molecule has 20 heavy (non-hydrogen) atoms. The van der Waals surface area contributed by atoms with Crippen LogP contribution in [0.3, 0.4) is 0 Å². The van der Waals surface area contributed by atoms with Crippen molar-refractivity contribution in [3.8, 4) is 0 Å². The summed E-state index contributed by atoms with van der Waals surface area (Å²) in [7, 11) is 0. The number of hydrogen-bond acceptors (Lipinski definition) is 3. The van der Waals surface area contributed by atoms with Crippen LogP contribution in [0.1, 0.15) is 30.5 Å². The number of anilines is 1. The van der Waals surface area contributed by atoms with Crippen LogP contribution in [-0.2, 0) is 6.42 Å². The monoisotopic (exact) mass is 271 g/mol. The lowest BCUT2D eigenvalue weighted by Crippen LogP contribution is -2.25. The van der Waals surface area contributed by atoms with Crippen LogP contribution in [0.2, 0.25) is 0 Å². The van der Waals surface area contributed by atoms with Gasteiger partial charge in [-0.2, -0.15) is 0 Å². The van der Waals surface area contributed by atoms with Gasteiger partial charge in [0.25, 0.3) is 0 Å². The molecule has 2 aromatic rings. The number of fused-ring (bicyclic) bond motifs is 1. The van der Waals surface area contributed by atoms with Crippen LogP contribution >= 0.6 is 0 Å². The van der Waals surface area contributed by atoms with Gasteiger partial charge >= 0.3 is 0 Å². The van der Waals surface area contributed by atoms with E-state index in [2.05, 4.69) is 50.8 Å². The van der Waals surface area contributed by atoms with Gasteiger partial charge in [0.15, 0.2) is 0 Å². The summed E-state index contributed by atoms with van der Waals surface area (Å²) in [6.45, 7) is 11.2. The number of nitrogens with zero attached hydrogens (tertiary/aromatic N) is 2. The van der Waals surface area contributed by atoms with Crippen molar-refractivity contribution in [2.75, 3.05) is 24.5 Å². The molecule has 0 aliphatic carbocycles. The molecular formula is C17H25N3. The highest BCUT2D eigenvalue weighted by Crippen LogP contribution is 2.26. The maximum absolute atomic E-state index is 5.76. The molecule has 0 saturated carbocycles. The van der Waals surface area contributed by atoms with E-state index in [-0.39, 0.29) is 0 Å². The van der Waals surface area contributed by atoms with Gasteiger partial charge in [-0.05, 0) is 75.5 Å². The van der Waals surface area contributed by atoms with Gasteiger partial charge in [-0.3, -0.25) is 0 Å². The van der Waals surface area contributed by atoms with Crippen LogP contribution in [0, 0.1) is 13.8 Å². The summed E-state index contributed by atoms with van der Waals surface area (Å²) in [5.41, 5.74) is 10.7. The third-order valence-electron chi connectivity index (χ3n) is 3.96. The number of rotatable bonds is 5. The van der Waals surface area contributed by atoms with Crippen LogP contribution in [0.25, 0.3) is 10.9 Å². The second kappa shape index (κ2) is 6.23. The fraction of sp³-hybridized carbons (Fsp3) is 0.471. The van der Waals surface area contributed by atoms with Crippen molar-refractivity contribution in [2.24, 2.45) is 5.73 Å². The van der Waals surface area contributed by atoms with Gasteiger partial charge in [0.05, 0.1) is 5.52 Å². The Morgan fingerprint density at radius 2 is 1.70 bits per heavy atom. The minimum absolute atomic E-state index is 0.659. The van der Waals surface area contributed by atoms with Crippen molar-refractivity contribution in [2.45, 2.75) is 34.1 Å². The molecule has 0 aliphatic rings. The van der Waals surface area contributed by atoms with Crippen LogP contribution in [0.15, 0.2) is 18.2 Å². The smallest absolute Gasteiger partial charge is 0.132 e. The molecule has 2 N–H and O–H groups in total. The van der Waals surface area contributed by atoms with Crippen molar-refractivity contribution >= 4 is 16.7 Å². The summed E-state index contributed by atoms with van der Waals surface area (Å²) < 4.78 is 0. The highest BCUT2D eigenvalue weighted by atomic mass is 15.2. The van der Waals surface area contributed by atoms with Gasteiger partial charge in [0, 0.05) is 18.5 Å². The molecule has 0 aliphatic heterocycles. The van der Waals surface area contributed by atoms with Crippen molar-refractivity contribution in [3.63, 3.8) is 0 Å². The zero-order valence-corrected chi connectivity index (χ0v) is 13.0. The molecule has 2 rings (SSSR count). The van der Waals surface area contributed by atoms with Gasteiger partial charge in [-0.15, -0.1) is 0 Å². The number of nitrogens with two attached hydrogens (primary N) is 1. The van der Waals surface area contributed by atoms with Gasteiger partial charge in [0.1, 0.15) is 5.82 Å². The van der Waals surface area contributed by atoms with Crippen LogP contribution in [0.5, 0.6) is 0 Å². The Morgan fingerprint density at radius 1 is 1.05 bits per heavy atom. The van der Waals surface area contributed by atoms with Gasteiger partial charge in [0.2, 0.25) is 0 Å². The van der Waals surface area contributed by atoms with E-state index in [0.717, 1.165) is 30.8 Å². The zero-order chi connectivity index (χ0) is 14.7. The van der Waals surface area contributed by atoms with Crippen molar-refractivity contribution in [1.82, 2.24) is 4.98 Å². The molecule has 0 saturated heterocycles. The molecule has 0 atom stereocenters. The zero-order valence-electron chi connectivity index (χ0n) is 13.0. The number of aromatic nitrogens is 1. The van der Waals surface area contributed by atoms with Crippen LogP contribution < -0.4 is 10.6 Å². The third kappa shape index (κ3) is 2.78. The Hall–Kier alpha value is -1.61. The normalized spacial score (nSPS) is 11.1. The van der Waals surface area contributed by atoms with Crippen LogP contribution in [0.4, 0.5) is 5.82 Å². The number of aryl methyl sites for hydroxylation is 2. The molecule has 0 amide bonds. The first-order chi connectivity index (χ1) is 9.60. The fourth-order valence-corrected chi connectivity index (χ4v) is 2.61. The number of benzene rings is 1. The van der Waals surface area contributed by atoms with Crippen molar-refractivity contribution in [3.05, 3.63) is 34.9 Å². The first kappa shape index (κ1) is 14.8. The highest BCUT2D eigenvalue weighted by molar-refractivity contribution is 5.83. The Kier molecular flexibility index (Phi) is 4.61. The molecule has 1 aromatic carbocycles.